The zero-order valence-electron chi connectivity index (χ0n) is 11.8. The minimum Gasteiger partial charge on any atom is -0.369 e. The average molecular weight is 315 g/mol. The number of piperazine rings is 1. The molecule has 1 fully saturated rings. The van der Waals surface area contributed by atoms with Gasteiger partial charge in [0.15, 0.2) is 0 Å². The van der Waals surface area contributed by atoms with Crippen molar-refractivity contribution < 1.29 is 22.8 Å². The number of amides is 2. The molecule has 22 heavy (non-hydrogen) atoms. The van der Waals surface area contributed by atoms with Crippen LogP contribution in [-0.2, 0) is 11.0 Å². The van der Waals surface area contributed by atoms with Gasteiger partial charge in [-0.3, -0.25) is 14.5 Å². The molecule has 2 rings (SSSR count). The van der Waals surface area contributed by atoms with Gasteiger partial charge in [-0.15, -0.1) is 0 Å². The summed E-state index contributed by atoms with van der Waals surface area (Å²) in [6, 6.07) is 4.38. The third kappa shape index (κ3) is 3.97. The fourth-order valence-corrected chi connectivity index (χ4v) is 2.34. The summed E-state index contributed by atoms with van der Waals surface area (Å²) >= 11 is 0. The second kappa shape index (κ2) is 6.35. The van der Waals surface area contributed by atoms with Gasteiger partial charge in [-0.05, 0) is 18.2 Å². The zero-order valence-corrected chi connectivity index (χ0v) is 11.8. The predicted molar refractivity (Wildman–Crippen MR) is 73.0 cm³/mol. The summed E-state index contributed by atoms with van der Waals surface area (Å²) < 4.78 is 38.0. The highest BCUT2D eigenvalue weighted by molar-refractivity contribution is 5.94. The van der Waals surface area contributed by atoms with E-state index in [0.29, 0.717) is 26.2 Å². The summed E-state index contributed by atoms with van der Waals surface area (Å²) in [6.45, 7) is 1.75. The van der Waals surface area contributed by atoms with E-state index in [1.54, 1.807) is 4.90 Å². The first-order chi connectivity index (χ1) is 10.3. The molecule has 0 unspecified atom stereocenters. The van der Waals surface area contributed by atoms with Gasteiger partial charge in [-0.2, -0.15) is 13.2 Å². The molecule has 8 heteroatoms. The number of halogens is 3. The van der Waals surface area contributed by atoms with Crippen molar-refractivity contribution in [2.45, 2.75) is 6.18 Å². The molecule has 0 saturated carbocycles. The van der Waals surface area contributed by atoms with Crippen LogP contribution in [0.5, 0.6) is 0 Å². The molecule has 1 aromatic rings. The lowest BCUT2D eigenvalue weighted by atomic mass is 10.1. The monoisotopic (exact) mass is 315 g/mol. The Bertz CT molecular complexity index is 567. The standard InChI is InChI=1S/C14H16F3N3O2/c15-14(16,17)11-3-1-2-10(8-11)13(22)20-6-4-19(5-7-20)9-12(18)21/h1-3,8H,4-7,9H2,(H2,18,21). The fraction of sp³-hybridized carbons (Fsp3) is 0.429. The summed E-state index contributed by atoms with van der Waals surface area (Å²) in [5.41, 5.74) is 4.27. The van der Waals surface area contributed by atoms with Crippen molar-refractivity contribution in [2.24, 2.45) is 5.73 Å². The van der Waals surface area contributed by atoms with E-state index in [-0.39, 0.29) is 12.1 Å². The second-order valence-corrected chi connectivity index (χ2v) is 5.11. The number of alkyl halides is 3. The molecule has 1 aliphatic rings. The lowest BCUT2D eigenvalue weighted by molar-refractivity contribution is -0.137. The molecule has 1 saturated heterocycles. The minimum absolute atomic E-state index is 0.0122. The van der Waals surface area contributed by atoms with E-state index >= 15 is 0 Å². The first-order valence-electron chi connectivity index (χ1n) is 6.74. The molecule has 1 aliphatic heterocycles. The van der Waals surface area contributed by atoms with Crippen molar-refractivity contribution in [3.63, 3.8) is 0 Å². The van der Waals surface area contributed by atoms with Crippen molar-refractivity contribution in [1.82, 2.24) is 9.80 Å². The molecule has 0 bridgehead atoms. The molecular formula is C14H16F3N3O2. The quantitative estimate of drug-likeness (QED) is 0.903. The van der Waals surface area contributed by atoms with Gasteiger partial charge in [0.1, 0.15) is 0 Å². The molecule has 0 spiro atoms. The molecule has 1 aromatic carbocycles. The summed E-state index contributed by atoms with van der Waals surface area (Å²) in [5, 5.41) is 0. The Morgan fingerprint density at radius 1 is 1.14 bits per heavy atom. The first kappa shape index (κ1) is 16.3. The summed E-state index contributed by atoms with van der Waals surface area (Å²) in [4.78, 5) is 26.4. The zero-order chi connectivity index (χ0) is 16.3. The Hall–Kier alpha value is -2.09. The van der Waals surface area contributed by atoms with Crippen molar-refractivity contribution in [3.8, 4) is 0 Å². The molecule has 2 N–H and O–H groups in total. The Balaban J connectivity index is 2.03. The van der Waals surface area contributed by atoms with E-state index in [1.165, 1.54) is 17.0 Å². The second-order valence-electron chi connectivity index (χ2n) is 5.11. The lowest BCUT2D eigenvalue weighted by Crippen LogP contribution is -2.50. The van der Waals surface area contributed by atoms with Crippen molar-refractivity contribution in [2.75, 3.05) is 32.7 Å². The third-order valence-electron chi connectivity index (χ3n) is 3.48. The number of rotatable bonds is 3. The highest BCUT2D eigenvalue weighted by atomic mass is 19.4. The van der Waals surface area contributed by atoms with E-state index in [1.807, 2.05) is 0 Å². The molecular weight excluding hydrogens is 299 g/mol. The van der Waals surface area contributed by atoms with Gasteiger partial charge >= 0.3 is 6.18 Å². The first-order valence-corrected chi connectivity index (χ1v) is 6.74. The molecule has 0 aliphatic carbocycles. The van der Waals surface area contributed by atoms with Crippen LogP contribution < -0.4 is 5.73 Å². The van der Waals surface area contributed by atoms with Gasteiger partial charge in [0, 0.05) is 31.7 Å². The van der Waals surface area contributed by atoms with Crippen molar-refractivity contribution >= 4 is 11.8 Å². The molecule has 0 atom stereocenters. The molecule has 5 nitrogen and oxygen atoms in total. The normalized spacial score (nSPS) is 16.6. The predicted octanol–water partition coefficient (Wildman–Crippen LogP) is 0.949. The van der Waals surface area contributed by atoms with Crippen LogP contribution in [0.15, 0.2) is 24.3 Å². The Morgan fingerprint density at radius 3 is 2.32 bits per heavy atom. The van der Waals surface area contributed by atoms with Crippen LogP contribution in [0.3, 0.4) is 0 Å². The van der Waals surface area contributed by atoms with Gasteiger partial charge in [-0.25, -0.2) is 0 Å². The van der Waals surface area contributed by atoms with Crippen molar-refractivity contribution in [3.05, 3.63) is 35.4 Å². The van der Waals surface area contributed by atoms with Crippen LogP contribution in [0.2, 0.25) is 0 Å². The fourth-order valence-electron chi connectivity index (χ4n) is 2.34. The number of nitrogens with zero attached hydrogens (tertiary/aromatic N) is 2. The van der Waals surface area contributed by atoms with E-state index in [2.05, 4.69) is 0 Å². The lowest BCUT2D eigenvalue weighted by Gasteiger charge is -2.34. The number of carbonyl (C=O) groups excluding carboxylic acids is 2. The van der Waals surface area contributed by atoms with Crippen molar-refractivity contribution in [1.29, 1.82) is 0 Å². The third-order valence-corrected chi connectivity index (χ3v) is 3.48. The smallest absolute Gasteiger partial charge is 0.369 e. The summed E-state index contributed by atoms with van der Waals surface area (Å²) in [7, 11) is 0. The van der Waals surface area contributed by atoms with Crippen LogP contribution in [0.25, 0.3) is 0 Å². The Labute approximate surface area is 125 Å². The minimum atomic E-state index is -4.48. The van der Waals surface area contributed by atoms with Crippen LogP contribution >= 0.6 is 0 Å². The van der Waals surface area contributed by atoms with E-state index in [0.717, 1.165) is 12.1 Å². The Morgan fingerprint density at radius 2 is 1.77 bits per heavy atom. The topological polar surface area (TPSA) is 66.6 Å². The number of carbonyl (C=O) groups is 2. The maximum atomic E-state index is 12.7. The number of nitrogens with two attached hydrogens (primary N) is 1. The number of primary amides is 1. The van der Waals surface area contributed by atoms with Crippen LogP contribution in [0.1, 0.15) is 15.9 Å². The van der Waals surface area contributed by atoms with Gasteiger partial charge in [0.25, 0.3) is 5.91 Å². The molecule has 0 aromatic heterocycles. The molecule has 2 amide bonds. The van der Waals surface area contributed by atoms with Crippen LogP contribution in [0, 0.1) is 0 Å². The number of hydrogen-bond acceptors (Lipinski definition) is 3. The molecule has 120 valence electrons. The number of hydrogen-bond donors (Lipinski definition) is 1. The van der Waals surface area contributed by atoms with Crippen LogP contribution in [-0.4, -0.2) is 54.3 Å². The van der Waals surface area contributed by atoms with Gasteiger partial charge in [-0.1, -0.05) is 6.07 Å². The maximum absolute atomic E-state index is 12.7. The SMILES string of the molecule is NC(=O)CN1CCN(C(=O)c2cccc(C(F)(F)F)c2)CC1. The van der Waals surface area contributed by atoms with E-state index in [4.69, 9.17) is 5.73 Å². The average Bonchev–Trinajstić information content (AvgIpc) is 2.46. The highest BCUT2D eigenvalue weighted by Gasteiger charge is 2.31. The number of benzene rings is 1. The largest absolute Gasteiger partial charge is 0.416 e. The van der Waals surface area contributed by atoms with E-state index in [9.17, 15) is 22.8 Å². The molecule has 1 heterocycles. The summed E-state index contributed by atoms with van der Waals surface area (Å²) in [5.74, 6) is -0.887. The molecule has 0 radical (unpaired) electrons. The van der Waals surface area contributed by atoms with Crippen LogP contribution in [0.4, 0.5) is 13.2 Å². The Kier molecular flexibility index (Phi) is 4.70. The van der Waals surface area contributed by atoms with E-state index < -0.39 is 23.6 Å². The summed E-state index contributed by atoms with van der Waals surface area (Å²) in [6.07, 6.45) is -4.48. The highest BCUT2D eigenvalue weighted by Crippen LogP contribution is 2.29. The van der Waals surface area contributed by atoms with Gasteiger partial charge in [0.2, 0.25) is 5.91 Å². The van der Waals surface area contributed by atoms with Gasteiger partial charge in [0.05, 0.1) is 12.1 Å². The maximum Gasteiger partial charge on any atom is 0.416 e. The van der Waals surface area contributed by atoms with Gasteiger partial charge < -0.3 is 10.6 Å².